The molecule has 2 saturated heterocycles. The van der Waals surface area contributed by atoms with Crippen molar-refractivity contribution in [2.75, 3.05) is 30.3 Å². The van der Waals surface area contributed by atoms with Crippen LogP contribution in [0.2, 0.25) is 0 Å². The van der Waals surface area contributed by atoms with Crippen molar-refractivity contribution in [3.8, 4) is 0 Å². The fourth-order valence-electron chi connectivity index (χ4n) is 1.90. The highest BCUT2D eigenvalue weighted by Crippen LogP contribution is 2.23. The van der Waals surface area contributed by atoms with E-state index in [0.717, 1.165) is 25.9 Å². The van der Waals surface area contributed by atoms with Crippen molar-refractivity contribution in [2.45, 2.75) is 24.1 Å². The van der Waals surface area contributed by atoms with Gasteiger partial charge in [0, 0.05) is 29.1 Å². The number of carbonyl (C=O) groups excluding carboxylic acids is 1. The second kappa shape index (κ2) is 7.69. The van der Waals surface area contributed by atoms with Crippen LogP contribution in [0.4, 0.5) is 0 Å². The van der Waals surface area contributed by atoms with Gasteiger partial charge in [0.2, 0.25) is 5.91 Å². The summed E-state index contributed by atoms with van der Waals surface area (Å²) in [5, 5.41) is 6.90. The summed E-state index contributed by atoms with van der Waals surface area (Å²) in [4.78, 5) is 11.7. The Balaban J connectivity index is 0.00000128. The van der Waals surface area contributed by atoms with Crippen LogP contribution >= 0.6 is 35.9 Å². The first kappa shape index (κ1) is 14.5. The Morgan fingerprint density at radius 2 is 2.31 bits per heavy atom. The average molecular weight is 283 g/mol. The highest BCUT2D eigenvalue weighted by Gasteiger charge is 2.23. The lowest BCUT2D eigenvalue weighted by Crippen LogP contribution is -2.43. The second-order valence-corrected chi connectivity index (χ2v) is 6.52. The largest absolute Gasteiger partial charge is 0.354 e. The monoisotopic (exact) mass is 282 g/mol. The van der Waals surface area contributed by atoms with Crippen molar-refractivity contribution in [2.24, 2.45) is 0 Å². The molecule has 16 heavy (non-hydrogen) atoms. The number of amides is 1. The molecule has 94 valence electrons. The van der Waals surface area contributed by atoms with Gasteiger partial charge < -0.3 is 10.6 Å². The lowest BCUT2D eigenvalue weighted by Gasteiger charge is -2.22. The quantitative estimate of drug-likeness (QED) is 0.814. The number of halogens is 1. The minimum absolute atomic E-state index is 0. The topological polar surface area (TPSA) is 41.1 Å². The van der Waals surface area contributed by atoms with E-state index in [2.05, 4.69) is 10.6 Å². The molecule has 2 aliphatic heterocycles. The molecule has 1 amide bonds. The Morgan fingerprint density at radius 1 is 1.44 bits per heavy atom. The van der Waals surface area contributed by atoms with E-state index in [4.69, 9.17) is 0 Å². The maximum atomic E-state index is 11.7. The third-order valence-electron chi connectivity index (χ3n) is 2.77. The lowest BCUT2D eigenvalue weighted by atomic mass is 10.2. The van der Waals surface area contributed by atoms with Crippen LogP contribution in [0.25, 0.3) is 0 Å². The van der Waals surface area contributed by atoms with E-state index >= 15 is 0 Å². The molecule has 2 fully saturated rings. The predicted octanol–water partition coefficient (Wildman–Crippen LogP) is 1.12. The maximum Gasteiger partial charge on any atom is 0.237 e. The summed E-state index contributed by atoms with van der Waals surface area (Å²) >= 11 is 3.99. The minimum Gasteiger partial charge on any atom is -0.354 e. The number of carbonyl (C=O) groups is 1. The Morgan fingerprint density at radius 3 is 2.94 bits per heavy atom. The summed E-state index contributed by atoms with van der Waals surface area (Å²) in [5.41, 5.74) is 0. The third kappa shape index (κ3) is 4.35. The second-order valence-electron chi connectivity index (χ2n) is 3.96. The highest BCUT2D eigenvalue weighted by molar-refractivity contribution is 8.06. The molecule has 2 N–H and O–H groups in total. The van der Waals surface area contributed by atoms with Crippen molar-refractivity contribution >= 4 is 41.8 Å². The summed E-state index contributed by atoms with van der Waals surface area (Å²) in [6.07, 6.45) is 2.13. The lowest BCUT2D eigenvalue weighted by molar-refractivity contribution is -0.122. The summed E-state index contributed by atoms with van der Waals surface area (Å²) in [6.45, 7) is 1.83. The molecule has 0 aromatic carbocycles. The van der Waals surface area contributed by atoms with Crippen molar-refractivity contribution in [1.29, 1.82) is 0 Å². The van der Waals surface area contributed by atoms with Gasteiger partial charge in [-0.2, -0.15) is 23.5 Å². The van der Waals surface area contributed by atoms with Gasteiger partial charge in [-0.25, -0.2) is 0 Å². The van der Waals surface area contributed by atoms with Gasteiger partial charge in [-0.15, -0.1) is 12.4 Å². The smallest absolute Gasteiger partial charge is 0.237 e. The van der Waals surface area contributed by atoms with Crippen LogP contribution in [0, 0.1) is 0 Å². The number of thioether (sulfide) groups is 2. The molecule has 0 aromatic heterocycles. The molecule has 0 aromatic rings. The summed E-state index contributed by atoms with van der Waals surface area (Å²) in [6, 6.07) is 0.0752. The normalized spacial score (nSPS) is 29.5. The first-order chi connectivity index (χ1) is 7.36. The molecule has 3 nitrogen and oxygen atoms in total. The van der Waals surface area contributed by atoms with Gasteiger partial charge in [0.25, 0.3) is 0 Å². The number of rotatable bonds is 3. The zero-order valence-electron chi connectivity index (χ0n) is 9.24. The van der Waals surface area contributed by atoms with Crippen LogP contribution < -0.4 is 10.6 Å². The van der Waals surface area contributed by atoms with Gasteiger partial charge in [0.15, 0.2) is 0 Å². The van der Waals surface area contributed by atoms with E-state index < -0.39 is 0 Å². The molecule has 2 aliphatic rings. The van der Waals surface area contributed by atoms with Crippen LogP contribution in [0.5, 0.6) is 0 Å². The average Bonchev–Trinajstić information content (AvgIpc) is 2.81. The summed E-state index contributed by atoms with van der Waals surface area (Å²) in [5.74, 6) is 3.87. The first-order valence-corrected chi connectivity index (χ1v) is 7.77. The number of nitrogens with one attached hydrogen (secondary N) is 2. The molecule has 2 atom stereocenters. The molecule has 6 heteroatoms. The Kier molecular flexibility index (Phi) is 6.96. The van der Waals surface area contributed by atoms with Gasteiger partial charge in [0.1, 0.15) is 0 Å². The molecule has 0 aliphatic carbocycles. The van der Waals surface area contributed by atoms with Crippen molar-refractivity contribution in [1.82, 2.24) is 10.6 Å². The Labute approximate surface area is 112 Å². The van der Waals surface area contributed by atoms with Crippen molar-refractivity contribution in [3.05, 3.63) is 0 Å². The van der Waals surface area contributed by atoms with Crippen molar-refractivity contribution < 1.29 is 4.79 Å². The number of hydrogen-bond donors (Lipinski definition) is 2. The molecule has 0 spiro atoms. The molecule has 2 heterocycles. The van der Waals surface area contributed by atoms with E-state index in [1.807, 2.05) is 23.5 Å². The third-order valence-corrected chi connectivity index (χ3v) is 5.61. The molecular weight excluding hydrogens is 264 g/mol. The van der Waals surface area contributed by atoms with Gasteiger partial charge in [0.05, 0.1) is 6.04 Å². The fraction of sp³-hybridized carbons (Fsp3) is 0.900. The zero-order valence-corrected chi connectivity index (χ0v) is 11.7. The standard InChI is InChI=1S/C10H18N2OS2.ClH/c13-10(9-2-1-3-11-9)12-6-8-7-14-4-5-15-8;/h8-9,11H,1-7H2,(H,12,13);1H. The maximum absolute atomic E-state index is 11.7. The van der Waals surface area contributed by atoms with E-state index in [-0.39, 0.29) is 24.4 Å². The summed E-state index contributed by atoms with van der Waals surface area (Å²) < 4.78 is 0. The Hall–Kier alpha value is 0.420. The molecule has 0 radical (unpaired) electrons. The minimum atomic E-state index is 0. The van der Waals surface area contributed by atoms with Crippen LogP contribution in [0.15, 0.2) is 0 Å². The molecule has 0 saturated carbocycles. The molecule has 2 unspecified atom stereocenters. The van der Waals surface area contributed by atoms with Crippen molar-refractivity contribution in [3.63, 3.8) is 0 Å². The van der Waals surface area contributed by atoms with Crippen LogP contribution in [-0.4, -0.2) is 47.5 Å². The van der Waals surface area contributed by atoms with Gasteiger partial charge in [-0.05, 0) is 19.4 Å². The molecular formula is C10H19ClN2OS2. The van der Waals surface area contributed by atoms with Gasteiger partial charge in [-0.3, -0.25) is 4.79 Å². The zero-order chi connectivity index (χ0) is 10.5. The van der Waals surface area contributed by atoms with Gasteiger partial charge >= 0.3 is 0 Å². The highest BCUT2D eigenvalue weighted by atomic mass is 35.5. The molecule has 2 rings (SSSR count). The SMILES string of the molecule is Cl.O=C(NCC1CSCCS1)C1CCCN1. The van der Waals surface area contributed by atoms with Gasteiger partial charge in [-0.1, -0.05) is 0 Å². The van der Waals surface area contributed by atoms with E-state index in [9.17, 15) is 4.79 Å². The van der Waals surface area contributed by atoms with E-state index in [0.29, 0.717) is 5.25 Å². The van der Waals surface area contributed by atoms with E-state index in [1.54, 1.807) is 0 Å². The Bertz CT molecular complexity index is 219. The van der Waals surface area contributed by atoms with Crippen LogP contribution in [-0.2, 0) is 4.79 Å². The molecule has 0 bridgehead atoms. The first-order valence-electron chi connectivity index (χ1n) is 5.57. The summed E-state index contributed by atoms with van der Waals surface area (Å²) in [7, 11) is 0. The predicted molar refractivity (Wildman–Crippen MR) is 74.9 cm³/mol. The fourth-order valence-corrected chi connectivity index (χ4v) is 4.51. The van der Waals surface area contributed by atoms with Crippen LogP contribution in [0.3, 0.4) is 0 Å². The van der Waals surface area contributed by atoms with Crippen LogP contribution in [0.1, 0.15) is 12.8 Å². The van der Waals surface area contributed by atoms with E-state index in [1.165, 1.54) is 17.3 Å². The number of hydrogen-bond acceptors (Lipinski definition) is 4.